The highest BCUT2D eigenvalue weighted by atomic mass is 32.2. The zero-order valence-corrected chi connectivity index (χ0v) is 10.3. The van der Waals surface area contributed by atoms with Crippen molar-refractivity contribution in [2.24, 2.45) is 5.73 Å². The number of halogens is 1. The largest absolute Gasteiger partial charge is 0.371 e. The van der Waals surface area contributed by atoms with Gasteiger partial charge < -0.3 is 10.6 Å². The van der Waals surface area contributed by atoms with Gasteiger partial charge in [-0.3, -0.25) is 0 Å². The van der Waals surface area contributed by atoms with Crippen LogP contribution in [0.4, 0.5) is 10.1 Å². The van der Waals surface area contributed by atoms with E-state index in [1.54, 1.807) is 6.07 Å². The Morgan fingerprint density at radius 3 is 2.94 bits per heavy atom. The van der Waals surface area contributed by atoms with Crippen LogP contribution in [0.3, 0.4) is 0 Å². The lowest BCUT2D eigenvalue weighted by atomic mass is 10.1. The van der Waals surface area contributed by atoms with Crippen LogP contribution >= 0.6 is 11.8 Å². The molecule has 0 amide bonds. The zero-order chi connectivity index (χ0) is 11.5. The van der Waals surface area contributed by atoms with Crippen LogP contribution in [0.5, 0.6) is 0 Å². The maximum Gasteiger partial charge on any atom is 0.125 e. The Morgan fingerprint density at radius 1 is 1.50 bits per heavy atom. The summed E-state index contributed by atoms with van der Waals surface area (Å²) in [4.78, 5) is 2.17. The molecule has 0 spiro atoms. The molecule has 88 valence electrons. The van der Waals surface area contributed by atoms with Crippen molar-refractivity contribution in [3.63, 3.8) is 0 Å². The smallest absolute Gasteiger partial charge is 0.125 e. The lowest BCUT2D eigenvalue weighted by Crippen LogP contribution is -2.31. The summed E-state index contributed by atoms with van der Waals surface area (Å²) in [5, 5.41) is 0. The van der Waals surface area contributed by atoms with E-state index in [9.17, 15) is 4.39 Å². The fraction of sp³-hybridized carbons (Fsp3) is 0.500. The molecular formula is C12H17FN2S. The van der Waals surface area contributed by atoms with Gasteiger partial charge >= 0.3 is 0 Å². The Balaban J connectivity index is 2.21. The molecule has 1 atom stereocenters. The van der Waals surface area contributed by atoms with E-state index >= 15 is 0 Å². The minimum Gasteiger partial charge on any atom is -0.371 e. The minimum atomic E-state index is -0.199. The number of anilines is 1. The third-order valence-corrected chi connectivity index (χ3v) is 4.18. The fourth-order valence-electron chi connectivity index (χ4n) is 1.99. The summed E-state index contributed by atoms with van der Waals surface area (Å²) < 4.78 is 13.4. The van der Waals surface area contributed by atoms with Crippen LogP contribution in [0, 0.1) is 5.82 Å². The Kier molecular flexibility index (Phi) is 3.71. The molecular weight excluding hydrogens is 223 g/mol. The molecule has 1 unspecified atom stereocenters. The first-order chi connectivity index (χ1) is 7.70. The average Bonchev–Trinajstić information content (AvgIpc) is 2.80. The molecule has 2 N–H and O–H groups in total. The summed E-state index contributed by atoms with van der Waals surface area (Å²) in [7, 11) is 2.03. The van der Waals surface area contributed by atoms with Gasteiger partial charge in [0.2, 0.25) is 0 Å². The molecule has 1 aliphatic rings. The van der Waals surface area contributed by atoms with E-state index in [0.29, 0.717) is 12.6 Å². The van der Waals surface area contributed by atoms with Crippen LogP contribution in [0.15, 0.2) is 18.2 Å². The molecule has 2 rings (SSSR count). The molecule has 0 saturated carbocycles. The molecule has 1 aliphatic heterocycles. The molecule has 0 radical (unpaired) electrons. The summed E-state index contributed by atoms with van der Waals surface area (Å²) in [5.41, 5.74) is 7.34. The van der Waals surface area contributed by atoms with E-state index in [2.05, 4.69) is 4.90 Å². The first-order valence-corrected chi connectivity index (χ1v) is 6.66. The van der Waals surface area contributed by atoms with Crippen molar-refractivity contribution in [3.8, 4) is 0 Å². The van der Waals surface area contributed by atoms with Gasteiger partial charge in [0.05, 0.1) is 0 Å². The first-order valence-electron chi connectivity index (χ1n) is 5.51. The van der Waals surface area contributed by atoms with Crippen LogP contribution in [-0.2, 0) is 6.54 Å². The number of nitrogens with two attached hydrogens (primary N) is 1. The second kappa shape index (κ2) is 5.06. The molecule has 2 nitrogen and oxygen atoms in total. The van der Waals surface area contributed by atoms with Gasteiger partial charge in [-0.05, 0) is 35.9 Å². The Labute approximate surface area is 100 Å². The SMILES string of the molecule is CN(c1cc(F)cc(CN)c1)C1CCSC1. The number of benzene rings is 1. The Bertz CT molecular complexity index is 364. The van der Waals surface area contributed by atoms with Crippen molar-refractivity contribution in [1.82, 2.24) is 0 Å². The predicted octanol–water partition coefficient (Wildman–Crippen LogP) is 2.23. The topological polar surface area (TPSA) is 29.3 Å². The van der Waals surface area contributed by atoms with Crippen molar-refractivity contribution in [1.29, 1.82) is 0 Å². The average molecular weight is 240 g/mol. The number of nitrogens with zero attached hydrogens (tertiary/aromatic N) is 1. The maximum atomic E-state index is 13.4. The van der Waals surface area contributed by atoms with Crippen LogP contribution in [0.25, 0.3) is 0 Å². The van der Waals surface area contributed by atoms with Gasteiger partial charge in [0.25, 0.3) is 0 Å². The fourth-order valence-corrected chi connectivity index (χ4v) is 3.26. The van der Waals surface area contributed by atoms with Gasteiger partial charge in [0.15, 0.2) is 0 Å². The quantitative estimate of drug-likeness (QED) is 0.878. The normalized spacial score (nSPS) is 20.1. The van der Waals surface area contributed by atoms with E-state index < -0.39 is 0 Å². The van der Waals surface area contributed by atoms with E-state index in [0.717, 1.165) is 17.0 Å². The Hall–Kier alpha value is -0.740. The minimum absolute atomic E-state index is 0.199. The highest BCUT2D eigenvalue weighted by molar-refractivity contribution is 7.99. The summed E-state index contributed by atoms with van der Waals surface area (Å²) in [5.74, 6) is 2.13. The van der Waals surface area contributed by atoms with Crippen LogP contribution in [0.1, 0.15) is 12.0 Å². The van der Waals surface area contributed by atoms with E-state index in [4.69, 9.17) is 5.73 Å². The summed E-state index contributed by atoms with van der Waals surface area (Å²) in [6.45, 7) is 0.387. The van der Waals surface area contributed by atoms with Crippen molar-refractivity contribution in [2.75, 3.05) is 23.5 Å². The highest BCUT2D eigenvalue weighted by Crippen LogP contribution is 2.27. The lowest BCUT2D eigenvalue weighted by molar-refractivity contribution is 0.622. The predicted molar refractivity (Wildman–Crippen MR) is 68.4 cm³/mol. The number of rotatable bonds is 3. The van der Waals surface area contributed by atoms with Gasteiger partial charge in [-0.25, -0.2) is 4.39 Å². The molecule has 0 bridgehead atoms. The summed E-state index contributed by atoms with van der Waals surface area (Å²) >= 11 is 1.96. The van der Waals surface area contributed by atoms with Gasteiger partial charge in [0, 0.05) is 31.1 Å². The van der Waals surface area contributed by atoms with E-state index in [1.165, 1.54) is 18.2 Å². The molecule has 1 fully saturated rings. The van der Waals surface area contributed by atoms with E-state index in [1.807, 2.05) is 24.9 Å². The highest BCUT2D eigenvalue weighted by Gasteiger charge is 2.20. The van der Waals surface area contributed by atoms with Gasteiger partial charge in [-0.15, -0.1) is 0 Å². The van der Waals surface area contributed by atoms with Crippen molar-refractivity contribution in [2.45, 2.75) is 19.0 Å². The second-order valence-electron chi connectivity index (χ2n) is 4.15. The number of hydrogen-bond acceptors (Lipinski definition) is 3. The van der Waals surface area contributed by atoms with Gasteiger partial charge in [-0.1, -0.05) is 0 Å². The number of thioether (sulfide) groups is 1. The first kappa shape index (κ1) is 11.7. The van der Waals surface area contributed by atoms with Crippen molar-refractivity contribution >= 4 is 17.4 Å². The Morgan fingerprint density at radius 2 is 2.31 bits per heavy atom. The van der Waals surface area contributed by atoms with Gasteiger partial charge in [0.1, 0.15) is 5.82 Å². The monoisotopic (exact) mass is 240 g/mol. The number of hydrogen-bond donors (Lipinski definition) is 1. The third-order valence-electron chi connectivity index (χ3n) is 3.04. The molecule has 1 saturated heterocycles. The summed E-state index contributed by atoms with van der Waals surface area (Å²) in [6.07, 6.45) is 1.18. The maximum absolute atomic E-state index is 13.4. The zero-order valence-electron chi connectivity index (χ0n) is 9.45. The molecule has 0 aliphatic carbocycles. The lowest BCUT2D eigenvalue weighted by Gasteiger charge is -2.26. The van der Waals surface area contributed by atoms with Gasteiger partial charge in [-0.2, -0.15) is 11.8 Å². The molecule has 4 heteroatoms. The van der Waals surface area contributed by atoms with Crippen molar-refractivity contribution in [3.05, 3.63) is 29.6 Å². The summed E-state index contributed by atoms with van der Waals surface area (Å²) in [6, 6.07) is 5.59. The third kappa shape index (κ3) is 2.50. The van der Waals surface area contributed by atoms with Crippen LogP contribution < -0.4 is 10.6 Å². The molecule has 16 heavy (non-hydrogen) atoms. The van der Waals surface area contributed by atoms with E-state index in [-0.39, 0.29) is 5.82 Å². The molecule has 1 aromatic rings. The van der Waals surface area contributed by atoms with Crippen LogP contribution in [0.2, 0.25) is 0 Å². The molecule has 1 aromatic carbocycles. The van der Waals surface area contributed by atoms with Crippen molar-refractivity contribution < 1.29 is 4.39 Å². The molecule has 0 aromatic heterocycles. The molecule has 1 heterocycles. The second-order valence-corrected chi connectivity index (χ2v) is 5.30. The standard InChI is InChI=1S/C12H17FN2S/c1-15(11-2-3-16-8-11)12-5-9(7-14)4-10(13)6-12/h4-6,11H,2-3,7-8,14H2,1H3. The van der Waals surface area contributed by atoms with Crippen LogP contribution in [-0.4, -0.2) is 24.6 Å².